The van der Waals surface area contributed by atoms with E-state index in [4.69, 9.17) is 0 Å². The van der Waals surface area contributed by atoms with E-state index >= 15 is 0 Å². The number of rotatable bonds is 5. The molecule has 2 aromatic rings. The third-order valence-corrected chi connectivity index (χ3v) is 4.86. The number of aryl methyl sites for hydroxylation is 1. The molecule has 0 atom stereocenters. The Morgan fingerprint density at radius 1 is 1.42 bits per heavy atom. The number of nitrogens with zero attached hydrogens (tertiary/aromatic N) is 2. The topological polar surface area (TPSA) is 61.0 Å². The molecule has 2 aliphatic rings. The zero-order valence-electron chi connectivity index (χ0n) is 13.9. The van der Waals surface area contributed by atoms with Crippen LogP contribution >= 0.6 is 0 Å². The number of hydrazine groups is 1. The van der Waals surface area contributed by atoms with Crippen LogP contribution in [0, 0.1) is 6.92 Å². The van der Waals surface area contributed by atoms with E-state index in [-0.39, 0.29) is 5.91 Å². The fourth-order valence-electron chi connectivity index (χ4n) is 3.28. The molecule has 1 amide bonds. The van der Waals surface area contributed by atoms with Crippen molar-refractivity contribution in [2.24, 2.45) is 0 Å². The lowest BCUT2D eigenvalue weighted by atomic mass is 9.94. The first kappa shape index (κ1) is 15.1. The quantitative estimate of drug-likeness (QED) is 0.832. The van der Waals surface area contributed by atoms with Crippen LogP contribution in [-0.2, 0) is 13.0 Å². The van der Waals surface area contributed by atoms with Crippen molar-refractivity contribution in [2.45, 2.75) is 45.2 Å². The lowest BCUT2D eigenvalue weighted by Gasteiger charge is -2.33. The minimum atomic E-state index is -0.0536. The Morgan fingerprint density at radius 3 is 3.00 bits per heavy atom. The predicted molar refractivity (Wildman–Crippen MR) is 93.2 cm³/mol. The average Bonchev–Trinajstić information content (AvgIpc) is 3.17. The molecule has 124 valence electrons. The maximum Gasteiger partial charge on any atom is 0.286 e. The monoisotopic (exact) mass is 322 g/mol. The highest BCUT2D eigenvalue weighted by Gasteiger charge is 2.25. The fourth-order valence-corrected chi connectivity index (χ4v) is 3.28. The lowest BCUT2D eigenvalue weighted by molar-refractivity contribution is 0.0537. The largest absolute Gasteiger partial charge is 0.286 e. The van der Waals surface area contributed by atoms with Gasteiger partial charge in [0.2, 0.25) is 0 Å². The number of carbonyl (C=O) groups excluding carboxylic acids is 1. The number of nitrogens with one attached hydrogen (secondary N) is 2. The maximum atomic E-state index is 12.9. The molecule has 0 aliphatic heterocycles. The van der Waals surface area contributed by atoms with E-state index in [1.54, 1.807) is 11.1 Å². The van der Waals surface area contributed by atoms with Gasteiger partial charge in [-0.05, 0) is 48.9 Å². The molecule has 1 heterocycles. The van der Waals surface area contributed by atoms with E-state index in [0.29, 0.717) is 18.3 Å². The van der Waals surface area contributed by atoms with Crippen molar-refractivity contribution in [3.05, 3.63) is 58.4 Å². The van der Waals surface area contributed by atoms with E-state index in [9.17, 15) is 4.79 Å². The molecule has 24 heavy (non-hydrogen) atoms. The number of hydrogen-bond acceptors (Lipinski definition) is 3. The molecule has 5 nitrogen and oxygen atoms in total. The number of fused-ring (bicyclic) bond motifs is 1. The van der Waals surface area contributed by atoms with Crippen LogP contribution in [-0.4, -0.2) is 27.2 Å². The van der Waals surface area contributed by atoms with E-state index in [1.807, 2.05) is 6.92 Å². The molecule has 1 aromatic carbocycles. The van der Waals surface area contributed by atoms with Crippen molar-refractivity contribution >= 4 is 12.0 Å². The van der Waals surface area contributed by atoms with Gasteiger partial charge in [-0.25, -0.2) is 5.43 Å². The van der Waals surface area contributed by atoms with E-state index in [2.05, 4.69) is 46.0 Å². The molecule has 2 aliphatic carbocycles. The van der Waals surface area contributed by atoms with Gasteiger partial charge in [0, 0.05) is 6.04 Å². The summed E-state index contributed by atoms with van der Waals surface area (Å²) in [4.78, 5) is 12.9. The molecule has 4 rings (SSSR count). The second-order valence-electron chi connectivity index (χ2n) is 6.67. The van der Waals surface area contributed by atoms with E-state index < -0.39 is 0 Å². The first-order chi connectivity index (χ1) is 11.7. The van der Waals surface area contributed by atoms with Crippen molar-refractivity contribution in [3.63, 3.8) is 0 Å². The molecule has 0 saturated heterocycles. The Morgan fingerprint density at radius 2 is 2.29 bits per heavy atom. The first-order valence-electron chi connectivity index (χ1n) is 8.58. The number of H-pyrrole nitrogens is 1. The first-order valence-corrected chi connectivity index (χ1v) is 8.58. The van der Waals surface area contributed by atoms with Gasteiger partial charge >= 0.3 is 0 Å². The molecule has 5 heteroatoms. The number of aromatic nitrogens is 2. The summed E-state index contributed by atoms with van der Waals surface area (Å²) in [6.07, 6.45) is 8.80. The molecule has 0 radical (unpaired) electrons. The minimum absolute atomic E-state index is 0.0536. The summed E-state index contributed by atoms with van der Waals surface area (Å²) in [6, 6.07) is 8.53. The van der Waals surface area contributed by atoms with Crippen molar-refractivity contribution in [2.75, 3.05) is 0 Å². The third kappa shape index (κ3) is 2.87. The normalized spacial score (nSPS) is 16.0. The predicted octanol–water partition coefficient (Wildman–Crippen LogP) is 2.99. The van der Waals surface area contributed by atoms with Gasteiger partial charge in [-0.2, -0.15) is 5.10 Å². The third-order valence-electron chi connectivity index (χ3n) is 4.86. The zero-order valence-corrected chi connectivity index (χ0v) is 13.9. The second kappa shape index (κ2) is 6.24. The van der Waals surface area contributed by atoms with Crippen LogP contribution in [0.15, 0.2) is 30.3 Å². The number of aromatic amines is 1. The van der Waals surface area contributed by atoms with Gasteiger partial charge in [0.05, 0.1) is 12.2 Å². The number of benzene rings is 1. The summed E-state index contributed by atoms with van der Waals surface area (Å²) in [6.45, 7) is 2.44. The van der Waals surface area contributed by atoms with Gasteiger partial charge in [-0.15, -0.1) is 0 Å². The van der Waals surface area contributed by atoms with Crippen molar-refractivity contribution < 1.29 is 4.79 Å². The van der Waals surface area contributed by atoms with Gasteiger partial charge in [-0.3, -0.25) is 14.9 Å². The van der Waals surface area contributed by atoms with Gasteiger partial charge in [-0.1, -0.05) is 36.8 Å². The Labute approximate surface area is 141 Å². The standard InChI is InChI=1S/C19H22N4O/c1-13-11-18(21-20-13)19(24)23(22-16-8-4-9-16)12-15-7-2-5-14-6-3-10-17(14)15/h2-3,5,7,10-11,16,22H,4,6,8-9,12H2,1H3,(H,20,21). The number of amides is 1. The van der Waals surface area contributed by atoms with Crippen molar-refractivity contribution in [1.82, 2.24) is 20.6 Å². The summed E-state index contributed by atoms with van der Waals surface area (Å²) < 4.78 is 0. The molecule has 0 unspecified atom stereocenters. The van der Waals surface area contributed by atoms with Crippen LogP contribution in [0.4, 0.5) is 0 Å². The summed E-state index contributed by atoms with van der Waals surface area (Å²) in [7, 11) is 0. The molecule has 1 saturated carbocycles. The Bertz CT molecular complexity index is 788. The minimum Gasteiger partial charge on any atom is -0.273 e. The highest BCUT2D eigenvalue weighted by molar-refractivity contribution is 5.92. The molecular weight excluding hydrogens is 300 g/mol. The van der Waals surface area contributed by atoms with Crippen LogP contribution in [0.25, 0.3) is 6.08 Å². The highest BCUT2D eigenvalue weighted by atomic mass is 16.2. The van der Waals surface area contributed by atoms with Crippen molar-refractivity contribution in [3.8, 4) is 0 Å². The van der Waals surface area contributed by atoms with Gasteiger partial charge in [0.25, 0.3) is 5.91 Å². The molecular formula is C19H22N4O. The van der Waals surface area contributed by atoms with Gasteiger partial charge in [0.15, 0.2) is 0 Å². The molecule has 1 aromatic heterocycles. The molecule has 1 fully saturated rings. The number of hydrogen-bond donors (Lipinski definition) is 2. The van der Waals surface area contributed by atoms with Crippen LogP contribution in [0.5, 0.6) is 0 Å². The Balaban J connectivity index is 1.59. The number of allylic oxidation sites excluding steroid dienone is 1. The second-order valence-corrected chi connectivity index (χ2v) is 6.67. The van der Waals surface area contributed by atoms with E-state index in [0.717, 1.165) is 25.0 Å². The van der Waals surface area contributed by atoms with Crippen LogP contribution < -0.4 is 5.43 Å². The van der Waals surface area contributed by atoms with Crippen molar-refractivity contribution in [1.29, 1.82) is 0 Å². The molecule has 2 N–H and O–H groups in total. The lowest BCUT2D eigenvalue weighted by Crippen LogP contribution is -2.50. The Kier molecular flexibility index (Phi) is 3.94. The smallest absolute Gasteiger partial charge is 0.273 e. The SMILES string of the molecule is Cc1cc(C(=O)N(Cc2cccc3c2C=CC3)NC2CCC2)[nH]n1. The van der Waals surface area contributed by atoms with Crippen LogP contribution in [0.3, 0.4) is 0 Å². The fraction of sp³-hybridized carbons (Fsp3) is 0.368. The van der Waals surface area contributed by atoms with Crippen LogP contribution in [0.2, 0.25) is 0 Å². The molecule has 0 bridgehead atoms. The number of carbonyl (C=O) groups is 1. The van der Waals surface area contributed by atoms with E-state index in [1.165, 1.54) is 23.1 Å². The summed E-state index contributed by atoms with van der Waals surface area (Å²) >= 11 is 0. The van der Waals surface area contributed by atoms with Gasteiger partial charge in [0.1, 0.15) is 5.69 Å². The Hall–Kier alpha value is -2.40. The van der Waals surface area contributed by atoms with Crippen LogP contribution in [0.1, 0.15) is 52.1 Å². The summed E-state index contributed by atoms with van der Waals surface area (Å²) in [5.41, 5.74) is 8.54. The maximum absolute atomic E-state index is 12.9. The zero-order chi connectivity index (χ0) is 16.5. The summed E-state index contributed by atoms with van der Waals surface area (Å²) in [5, 5.41) is 8.67. The molecule has 0 spiro atoms. The van der Waals surface area contributed by atoms with Gasteiger partial charge < -0.3 is 0 Å². The highest BCUT2D eigenvalue weighted by Crippen LogP contribution is 2.25. The average molecular weight is 322 g/mol. The summed E-state index contributed by atoms with van der Waals surface area (Å²) in [5.74, 6) is -0.0536.